The Hall–Kier alpha value is -1.40. The molecule has 0 unspecified atom stereocenters. The lowest BCUT2D eigenvalue weighted by Crippen LogP contribution is -2.43. The Labute approximate surface area is 145 Å². The molecule has 3 rings (SSSR count). The maximum Gasteiger partial charge on any atom is 0.133 e. The van der Waals surface area contributed by atoms with Gasteiger partial charge in [-0.3, -0.25) is 0 Å². The molecule has 1 N–H and O–H groups in total. The first-order valence-corrected chi connectivity index (χ1v) is 9.12. The minimum Gasteiger partial charge on any atom is -0.381 e. The smallest absolute Gasteiger partial charge is 0.133 e. The third kappa shape index (κ3) is 4.36. The van der Waals surface area contributed by atoms with Crippen molar-refractivity contribution in [1.82, 2.24) is 9.97 Å². The van der Waals surface area contributed by atoms with E-state index in [1.165, 1.54) is 0 Å². The van der Waals surface area contributed by atoms with Gasteiger partial charge < -0.3 is 19.7 Å². The molecule has 1 aromatic heterocycles. The highest BCUT2D eigenvalue weighted by Gasteiger charge is 2.28. The Balaban J connectivity index is 1.63. The number of rotatable bonds is 6. The summed E-state index contributed by atoms with van der Waals surface area (Å²) >= 11 is 0. The molecule has 3 heterocycles. The first-order chi connectivity index (χ1) is 11.6. The zero-order valence-corrected chi connectivity index (χ0v) is 15.1. The van der Waals surface area contributed by atoms with Gasteiger partial charge in [-0.15, -0.1) is 0 Å². The van der Waals surface area contributed by atoms with E-state index in [1.54, 1.807) is 6.33 Å². The SMILES string of the molecule is CC(C)[C@@H]1OCCC[C@@H]1Nc1cc(N(C)C[C@H]2CCOC2)ncn1. The van der Waals surface area contributed by atoms with E-state index in [2.05, 4.69) is 41.1 Å². The van der Waals surface area contributed by atoms with Crippen molar-refractivity contribution < 1.29 is 9.47 Å². The number of nitrogens with zero attached hydrogens (tertiary/aromatic N) is 3. The third-order valence-corrected chi connectivity index (χ3v) is 4.96. The highest BCUT2D eigenvalue weighted by molar-refractivity contribution is 5.48. The summed E-state index contributed by atoms with van der Waals surface area (Å²) in [4.78, 5) is 11.0. The van der Waals surface area contributed by atoms with Gasteiger partial charge in [-0.05, 0) is 25.2 Å². The Morgan fingerprint density at radius 1 is 1.29 bits per heavy atom. The summed E-state index contributed by atoms with van der Waals surface area (Å²) in [6, 6.07) is 2.36. The standard InChI is InChI=1S/C18H30N4O2/c1-13(2)18-15(5-4-7-24-18)21-16-9-17(20-12-19-16)22(3)10-14-6-8-23-11-14/h9,12-15,18H,4-8,10-11H2,1-3H3,(H,19,20,21)/t14-,15+,18+/m1/s1. The van der Waals surface area contributed by atoms with Crippen molar-refractivity contribution in [1.29, 1.82) is 0 Å². The maximum atomic E-state index is 5.96. The van der Waals surface area contributed by atoms with Gasteiger partial charge in [-0.2, -0.15) is 0 Å². The molecule has 0 spiro atoms. The van der Waals surface area contributed by atoms with Gasteiger partial charge in [0, 0.05) is 38.8 Å². The van der Waals surface area contributed by atoms with Crippen LogP contribution in [0.3, 0.4) is 0 Å². The van der Waals surface area contributed by atoms with Crippen LogP contribution in [0.5, 0.6) is 0 Å². The minimum absolute atomic E-state index is 0.241. The molecule has 134 valence electrons. The highest BCUT2D eigenvalue weighted by Crippen LogP contribution is 2.24. The predicted molar refractivity (Wildman–Crippen MR) is 95.5 cm³/mol. The van der Waals surface area contributed by atoms with Gasteiger partial charge >= 0.3 is 0 Å². The zero-order valence-electron chi connectivity index (χ0n) is 15.1. The molecule has 6 nitrogen and oxygen atoms in total. The molecule has 0 bridgehead atoms. The molecule has 2 fully saturated rings. The highest BCUT2D eigenvalue weighted by atomic mass is 16.5. The molecule has 1 aromatic rings. The van der Waals surface area contributed by atoms with Crippen molar-refractivity contribution in [2.24, 2.45) is 11.8 Å². The molecular formula is C18H30N4O2. The van der Waals surface area contributed by atoms with E-state index in [9.17, 15) is 0 Å². The molecule has 2 saturated heterocycles. The van der Waals surface area contributed by atoms with Crippen molar-refractivity contribution in [3.8, 4) is 0 Å². The number of aromatic nitrogens is 2. The number of hydrogen-bond acceptors (Lipinski definition) is 6. The summed E-state index contributed by atoms with van der Waals surface area (Å²) < 4.78 is 11.4. The van der Waals surface area contributed by atoms with E-state index in [4.69, 9.17) is 9.47 Å². The largest absolute Gasteiger partial charge is 0.381 e. The molecule has 0 saturated carbocycles. The van der Waals surface area contributed by atoms with Crippen LogP contribution >= 0.6 is 0 Å². The second-order valence-electron chi connectivity index (χ2n) is 7.34. The van der Waals surface area contributed by atoms with Crippen molar-refractivity contribution in [2.75, 3.05) is 43.6 Å². The van der Waals surface area contributed by atoms with Crippen LogP contribution < -0.4 is 10.2 Å². The van der Waals surface area contributed by atoms with E-state index in [-0.39, 0.29) is 6.10 Å². The molecule has 0 radical (unpaired) electrons. The first kappa shape index (κ1) is 17.4. The average Bonchev–Trinajstić information content (AvgIpc) is 3.08. The normalized spacial score (nSPS) is 27.4. The topological polar surface area (TPSA) is 59.5 Å². The number of ether oxygens (including phenoxy) is 2. The van der Waals surface area contributed by atoms with E-state index >= 15 is 0 Å². The van der Waals surface area contributed by atoms with Crippen LogP contribution in [0.25, 0.3) is 0 Å². The summed E-state index contributed by atoms with van der Waals surface area (Å²) in [5, 5.41) is 3.57. The van der Waals surface area contributed by atoms with Crippen LogP contribution in [-0.2, 0) is 9.47 Å². The van der Waals surface area contributed by atoms with Gasteiger partial charge in [0.1, 0.15) is 18.0 Å². The molecule has 24 heavy (non-hydrogen) atoms. The Bertz CT molecular complexity index is 519. The molecule has 3 atom stereocenters. The van der Waals surface area contributed by atoms with Crippen LogP contribution in [-0.4, -0.2) is 55.5 Å². The molecular weight excluding hydrogens is 304 g/mol. The molecule has 2 aliphatic heterocycles. The van der Waals surface area contributed by atoms with Gasteiger partial charge in [0.25, 0.3) is 0 Å². The lowest BCUT2D eigenvalue weighted by atomic mass is 9.94. The maximum absolute atomic E-state index is 5.96. The second-order valence-corrected chi connectivity index (χ2v) is 7.34. The van der Waals surface area contributed by atoms with E-state index in [0.717, 1.165) is 57.3 Å². The Morgan fingerprint density at radius 3 is 2.92 bits per heavy atom. The van der Waals surface area contributed by atoms with Crippen molar-refractivity contribution >= 4 is 11.6 Å². The van der Waals surface area contributed by atoms with Crippen molar-refractivity contribution in [3.05, 3.63) is 12.4 Å². The fourth-order valence-corrected chi connectivity index (χ4v) is 3.65. The summed E-state index contributed by atoms with van der Waals surface area (Å²) in [6.45, 7) is 8.00. The molecule has 0 amide bonds. The van der Waals surface area contributed by atoms with Gasteiger partial charge in [-0.1, -0.05) is 13.8 Å². The Morgan fingerprint density at radius 2 is 2.17 bits per heavy atom. The number of nitrogens with one attached hydrogen (secondary N) is 1. The lowest BCUT2D eigenvalue weighted by Gasteiger charge is -2.35. The van der Waals surface area contributed by atoms with E-state index < -0.39 is 0 Å². The van der Waals surface area contributed by atoms with Gasteiger partial charge in [0.15, 0.2) is 0 Å². The zero-order chi connectivity index (χ0) is 16.9. The summed E-state index contributed by atoms with van der Waals surface area (Å²) in [7, 11) is 2.09. The van der Waals surface area contributed by atoms with E-state index in [0.29, 0.717) is 17.9 Å². The van der Waals surface area contributed by atoms with Crippen LogP contribution in [0.4, 0.5) is 11.6 Å². The van der Waals surface area contributed by atoms with Gasteiger partial charge in [0.05, 0.1) is 18.8 Å². The number of hydrogen-bond donors (Lipinski definition) is 1. The predicted octanol–water partition coefficient (Wildman–Crippen LogP) is 2.56. The quantitative estimate of drug-likeness (QED) is 0.863. The summed E-state index contributed by atoms with van der Waals surface area (Å²) in [5.74, 6) is 2.93. The van der Waals surface area contributed by atoms with Crippen LogP contribution in [0.15, 0.2) is 12.4 Å². The third-order valence-electron chi connectivity index (χ3n) is 4.96. The molecule has 2 aliphatic rings. The fraction of sp³-hybridized carbons (Fsp3) is 0.778. The van der Waals surface area contributed by atoms with Crippen LogP contribution in [0.2, 0.25) is 0 Å². The van der Waals surface area contributed by atoms with Crippen molar-refractivity contribution in [3.63, 3.8) is 0 Å². The van der Waals surface area contributed by atoms with Crippen LogP contribution in [0.1, 0.15) is 33.1 Å². The van der Waals surface area contributed by atoms with Gasteiger partial charge in [0.2, 0.25) is 0 Å². The van der Waals surface area contributed by atoms with Crippen LogP contribution in [0, 0.1) is 11.8 Å². The second kappa shape index (κ2) is 8.12. The minimum atomic E-state index is 0.241. The Kier molecular flexibility index (Phi) is 5.89. The number of anilines is 2. The average molecular weight is 334 g/mol. The summed E-state index contributed by atoms with van der Waals surface area (Å²) in [5.41, 5.74) is 0. The van der Waals surface area contributed by atoms with E-state index in [1.807, 2.05) is 6.07 Å². The molecule has 0 aromatic carbocycles. The monoisotopic (exact) mass is 334 g/mol. The van der Waals surface area contributed by atoms with Gasteiger partial charge in [-0.25, -0.2) is 9.97 Å². The summed E-state index contributed by atoms with van der Waals surface area (Å²) in [6.07, 6.45) is 5.24. The van der Waals surface area contributed by atoms with Crippen molar-refractivity contribution in [2.45, 2.75) is 45.3 Å². The fourth-order valence-electron chi connectivity index (χ4n) is 3.65. The molecule has 0 aliphatic carbocycles. The lowest BCUT2D eigenvalue weighted by molar-refractivity contribution is -0.0203. The first-order valence-electron chi connectivity index (χ1n) is 9.12. The molecule has 6 heteroatoms.